The van der Waals surface area contributed by atoms with Crippen LogP contribution < -0.4 is 20.8 Å². The Bertz CT molecular complexity index is 1100. The van der Waals surface area contributed by atoms with Gasteiger partial charge in [-0.25, -0.2) is 4.79 Å². The normalized spacial score (nSPS) is 14.4. The summed E-state index contributed by atoms with van der Waals surface area (Å²) in [5.41, 5.74) is 4.56. The Morgan fingerprint density at radius 1 is 0.966 bits per heavy atom. The number of anilines is 3. The third kappa shape index (κ3) is 3.73. The molecule has 0 bridgehead atoms. The first-order valence-corrected chi connectivity index (χ1v) is 11.1. The van der Waals surface area contributed by atoms with Crippen molar-refractivity contribution in [1.82, 2.24) is 9.13 Å². The van der Waals surface area contributed by atoms with Crippen molar-refractivity contribution < 1.29 is 4.79 Å². The highest BCUT2D eigenvalue weighted by atomic mass is 127. The lowest BCUT2D eigenvalue weighted by molar-refractivity contribution is -0.113. The van der Waals surface area contributed by atoms with Crippen LogP contribution in [0.3, 0.4) is 0 Å². The van der Waals surface area contributed by atoms with Crippen molar-refractivity contribution in [3.63, 3.8) is 0 Å². The number of fused-ring (bicyclic) bond motifs is 1. The Morgan fingerprint density at radius 3 is 2.17 bits per heavy atom. The second-order valence-electron chi connectivity index (χ2n) is 7.25. The number of benzene rings is 2. The molecule has 1 saturated heterocycles. The molecule has 1 fully saturated rings. The molecule has 29 heavy (non-hydrogen) atoms. The predicted octanol–water partition coefficient (Wildman–Crippen LogP) is 2.58. The minimum atomic E-state index is -0.0720. The van der Waals surface area contributed by atoms with Crippen molar-refractivity contribution in [2.24, 2.45) is 14.1 Å². The number of nitrogens with zero attached hydrogens (tertiary/aromatic N) is 4. The number of nitrogens with one attached hydrogen (secondary N) is 1. The van der Waals surface area contributed by atoms with Crippen molar-refractivity contribution in [2.45, 2.75) is 0 Å². The molecule has 4 rings (SSSR count). The van der Waals surface area contributed by atoms with E-state index in [4.69, 9.17) is 0 Å². The Labute approximate surface area is 183 Å². The summed E-state index contributed by atoms with van der Waals surface area (Å²) in [6, 6.07) is 14.4. The molecule has 0 aliphatic carbocycles. The summed E-state index contributed by atoms with van der Waals surface area (Å²) in [6.45, 7) is 3.48. The number of rotatable bonds is 4. The number of imidazole rings is 1. The standard InChI is InChI=1S/C21H24IN5O2/c1-24-18-12-16(23-20(28)14-22)17(13-19(18)25(2)21(24)29)27-10-8-26(9-11-27)15-6-4-3-5-7-15/h3-7,12-13H,8-11,14H2,1-2H3,(H,23,28). The fourth-order valence-electron chi connectivity index (χ4n) is 3.92. The lowest BCUT2D eigenvalue weighted by Gasteiger charge is -2.38. The van der Waals surface area contributed by atoms with Crippen LogP contribution in [0.15, 0.2) is 47.3 Å². The first-order chi connectivity index (χ1) is 14.0. The van der Waals surface area contributed by atoms with Gasteiger partial charge < -0.3 is 15.1 Å². The number of amides is 1. The van der Waals surface area contributed by atoms with Crippen LogP contribution in [-0.2, 0) is 18.9 Å². The maximum atomic E-state index is 12.4. The van der Waals surface area contributed by atoms with E-state index in [1.807, 2.05) is 18.2 Å². The summed E-state index contributed by atoms with van der Waals surface area (Å²) in [5, 5.41) is 3.02. The highest BCUT2D eigenvalue weighted by molar-refractivity contribution is 14.1. The van der Waals surface area contributed by atoms with E-state index >= 15 is 0 Å². The number of alkyl halides is 1. The van der Waals surface area contributed by atoms with E-state index in [1.54, 1.807) is 23.2 Å². The number of hydrogen-bond donors (Lipinski definition) is 1. The molecular weight excluding hydrogens is 481 g/mol. The van der Waals surface area contributed by atoms with E-state index in [2.05, 4.69) is 62.0 Å². The monoisotopic (exact) mass is 505 g/mol. The van der Waals surface area contributed by atoms with Gasteiger partial charge in [-0.05, 0) is 24.3 Å². The predicted molar refractivity (Wildman–Crippen MR) is 127 cm³/mol. The molecule has 7 nitrogen and oxygen atoms in total. The molecule has 1 aliphatic heterocycles. The second kappa shape index (κ2) is 8.10. The molecule has 0 unspecified atom stereocenters. The van der Waals surface area contributed by atoms with Gasteiger partial charge in [0.05, 0.1) is 26.8 Å². The first kappa shape index (κ1) is 19.8. The molecule has 2 aromatic carbocycles. The van der Waals surface area contributed by atoms with Gasteiger partial charge in [-0.3, -0.25) is 13.9 Å². The van der Waals surface area contributed by atoms with Gasteiger partial charge in [0.15, 0.2) is 0 Å². The molecular formula is C21H24IN5O2. The van der Waals surface area contributed by atoms with Gasteiger partial charge in [-0.1, -0.05) is 40.8 Å². The number of para-hydroxylation sites is 1. The van der Waals surface area contributed by atoms with Gasteiger partial charge in [0, 0.05) is 46.0 Å². The van der Waals surface area contributed by atoms with E-state index < -0.39 is 0 Å². The van der Waals surface area contributed by atoms with Crippen LogP contribution in [0, 0.1) is 0 Å². The average Bonchev–Trinajstić information content (AvgIpc) is 2.97. The summed E-state index contributed by atoms with van der Waals surface area (Å²) < 4.78 is 3.65. The summed E-state index contributed by atoms with van der Waals surface area (Å²) in [4.78, 5) is 29.2. The molecule has 8 heteroatoms. The number of aryl methyl sites for hydroxylation is 2. The maximum Gasteiger partial charge on any atom is 0.328 e. The summed E-state index contributed by atoms with van der Waals surface area (Å²) in [7, 11) is 3.54. The van der Waals surface area contributed by atoms with E-state index in [0.717, 1.165) is 48.6 Å². The van der Waals surface area contributed by atoms with Crippen LogP contribution in [0.2, 0.25) is 0 Å². The van der Waals surface area contributed by atoms with Gasteiger partial charge in [0.2, 0.25) is 5.91 Å². The summed E-state index contributed by atoms with van der Waals surface area (Å²) in [5.74, 6) is -0.0462. The van der Waals surface area contributed by atoms with Crippen LogP contribution in [0.4, 0.5) is 17.1 Å². The lowest BCUT2D eigenvalue weighted by Crippen LogP contribution is -2.46. The quantitative estimate of drug-likeness (QED) is 0.438. The van der Waals surface area contributed by atoms with E-state index in [0.29, 0.717) is 4.43 Å². The number of carbonyl (C=O) groups excluding carboxylic acids is 1. The zero-order valence-corrected chi connectivity index (χ0v) is 18.7. The van der Waals surface area contributed by atoms with Gasteiger partial charge >= 0.3 is 5.69 Å². The highest BCUT2D eigenvalue weighted by Gasteiger charge is 2.22. The maximum absolute atomic E-state index is 12.4. The van der Waals surface area contributed by atoms with Gasteiger partial charge in [0.1, 0.15) is 0 Å². The molecule has 1 aliphatic rings. The summed E-state index contributed by atoms with van der Waals surface area (Å²) in [6.07, 6.45) is 0. The van der Waals surface area contributed by atoms with Crippen LogP contribution >= 0.6 is 22.6 Å². The molecule has 1 N–H and O–H groups in total. The SMILES string of the molecule is Cn1c(=O)n(C)c2cc(N3CCN(c4ccccc4)CC3)c(NC(=O)CI)cc21. The number of halogens is 1. The molecule has 152 valence electrons. The van der Waals surface area contributed by atoms with Crippen molar-refractivity contribution in [3.8, 4) is 0 Å². The van der Waals surface area contributed by atoms with Crippen molar-refractivity contribution in [3.05, 3.63) is 52.9 Å². The number of hydrogen-bond acceptors (Lipinski definition) is 4. The smallest absolute Gasteiger partial charge is 0.328 e. The van der Waals surface area contributed by atoms with Crippen LogP contribution in [0.1, 0.15) is 0 Å². The largest absolute Gasteiger partial charge is 0.368 e. The minimum Gasteiger partial charge on any atom is -0.368 e. The molecule has 0 atom stereocenters. The molecule has 0 spiro atoms. The van der Waals surface area contributed by atoms with Crippen molar-refractivity contribution in [2.75, 3.05) is 45.7 Å². The molecule has 0 saturated carbocycles. The number of piperazine rings is 1. The molecule has 3 aromatic rings. The minimum absolute atomic E-state index is 0.0462. The fourth-order valence-corrected chi connectivity index (χ4v) is 4.11. The topological polar surface area (TPSA) is 62.5 Å². The van der Waals surface area contributed by atoms with E-state index in [-0.39, 0.29) is 11.6 Å². The Balaban J connectivity index is 1.68. The molecule has 0 radical (unpaired) electrons. The third-order valence-electron chi connectivity index (χ3n) is 5.53. The van der Waals surface area contributed by atoms with Crippen LogP contribution in [0.25, 0.3) is 11.0 Å². The second-order valence-corrected chi connectivity index (χ2v) is 8.01. The van der Waals surface area contributed by atoms with Crippen LogP contribution in [0.5, 0.6) is 0 Å². The van der Waals surface area contributed by atoms with E-state index in [1.165, 1.54) is 5.69 Å². The van der Waals surface area contributed by atoms with Crippen molar-refractivity contribution in [1.29, 1.82) is 0 Å². The zero-order chi connectivity index (χ0) is 20.5. The fraction of sp³-hybridized carbons (Fsp3) is 0.333. The highest BCUT2D eigenvalue weighted by Crippen LogP contribution is 2.32. The Hall–Kier alpha value is -2.49. The van der Waals surface area contributed by atoms with Gasteiger partial charge in [0.25, 0.3) is 0 Å². The first-order valence-electron chi connectivity index (χ1n) is 9.60. The number of carbonyl (C=O) groups is 1. The average molecular weight is 505 g/mol. The van der Waals surface area contributed by atoms with Gasteiger partial charge in [-0.15, -0.1) is 0 Å². The van der Waals surface area contributed by atoms with Crippen LogP contribution in [-0.4, -0.2) is 45.6 Å². The Morgan fingerprint density at radius 2 is 1.55 bits per heavy atom. The van der Waals surface area contributed by atoms with Gasteiger partial charge in [-0.2, -0.15) is 0 Å². The molecule has 1 aromatic heterocycles. The summed E-state index contributed by atoms with van der Waals surface area (Å²) >= 11 is 2.06. The molecule has 1 amide bonds. The molecule has 2 heterocycles. The lowest BCUT2D eigenvalue weighted by atomic mass is 10.1. The number of aromatic nitrogens is 2. The van der Waals surface area contributed by atoms with E-state index in [9.17, 15) is 9.59 Å². The van der Waals surface area contributed by atoms with Crippen molar-refractivity contribution >= 4 is 56.6 Å². The Kier molecular flexibility index (Phi) is 5.53. The zero-order valence-electron chi connectivity index (χ0n) is 16.6. The third-order valence-corrected chi connectivity index (χ3v) is 6.22.